The molecule has 0 aliphatic heterocycles. The van der Waals surface area contributed by atoms with E-state index in [-0.39, 0.29) is 0 Å². The van der Waals surface area contributed by atoms with E-state index < -0.39 is 5.97 Å². The highest BCUT2D eigenvalue weighted by molar-refractivity contribution is 7.98. The molecule has 2 heterocycles. The molecule has 2 aromatic heterocycles. The molecule has 0 fully saturated rings. The Balaban J connectivity index is 1.80. The van der Waals surface area contributed by atoms with Crippen LogP contribution in [0.25, 0.3) is 5.69 Å². The van der Waals surface area contributed by atoms with E-state index in [1.165, 1.54) is 30.7 Å². The first-order valence-electron chi connectivity index (χ1n) is 7.23. The van der Waals surface area contributed by atoms with Crippen molar-refractivity contribution in [2.75, 3.05) is 7.11 Å². The Morgan fingerprint density at radius 3 is 2.88 bits per heavy atom. The first kappa shape index (κ1) is 16.3. The molecule has 0 saturated carbocycles. The Morgan fingerprint density at radius 2 is 2.12 bits per heavy atom. The minimum absolute atomic E-state index is 0.412. The zero-order valence-corrected chi connectivity index (χ0v) is 14.3. The van der Waals surface area contributed by atoms with Crippen LogP contribution in [0.2, 0.25) is 0 Å². The van der Waals surface area contributed by atoms with E-state index in [0.717, 1.165) is 11.3 Å². The fraction of sp³-hybridized carbons (Fsp3) is 0.250. The van der Waals surface area contributed by atoms with Gasteiger partial charge in [-0.15, -0.1) is 5.10 Å². The minimum atomic E-state index is -0.423. The summed E-state index contributed by atoms with van der Waals surface area (Å²) in [5.74, 6) is 0.525. The smallest absolute Gasteiger partial charge is 0.341 e. The first-order chi connectivity index (χ1) is 11.6. The third kappa shape index (κ3) is 3.18. The predicted octanol–water partition coefficient (Wildman–Crippen LogP) is 2.95. The molecule has 0 saturated heterocycles. The largest absolute Gasteiger partial charge is 0.468 e. The number of carbonyl (C=O) groups excluding carboxylic acids is 1. The van der Waals surface area contributed by atoms with Crippen LogP contribution < -0.4 is 0 Å². The van der Waals surface area contributed by atoms with Crippen molar-refractivity contribution in [3.05, 3.63) is 53.0 Å². The summed E-state index contributed by atoms with van der Waals surface area (Å²) in [7, 11) is 1.34. The Kier molecular flexibility index (Phi) is 4.66. The molecule has 0 N–H and O–H groups in total. The van der Waals surface area contributed by atoms with E-state index in [0.29, 0.717) is 22.2 Å². The van der Waals surface area contributed by atoms with E-state index in [9.17, 15) is 4.79 Å². The number of ether oxygens (including phenoxy) is 1. The number of aryl methyl sites for hydroxylation is 2. The number of tetrazole rings is 1. The standard InChI is InChI=1S/C16H16N4O3S/c1-10-4-5-12(8-11(10)2)20-16(17-18-19-20)24-9-14-13(6-7-23-14)15(21)22-3/h4-8H,9H2,1-3H3. The topological polar surface area (TPSA) is 83.0 Å². The van der Waals surface area contributed by atoms with Crippen molar-refractivity contribution in [2.45, 2.75) is 24.8 Å². The molecule has 0 spiro atoms. The van der Waals surface area contributed by atoms with Crippen molar-refractivity contribution in [1.29, 1.82) is 0 Å². The lowest BCUT2D eigenvalue weighted by Gasteiger charge is -2.06. The minimum Gasteiger partial charge on any atom is -0.468 e. The van der Waals surface area contributed by atoms with Crippen LogP contribution in [0.5, 0.6) is 0 Å². The molecule has 1 aromatic carbocycles. The lowest BCUT2D eigenvalue weighted by Crippen LogP contribution is -2.03. The second-order valence-electron chi connectivity index (χ2n) is 5.18. The van der Waals surface area contributed by atoms with Crippen LogP contribution in [0.3, 0.4) is 0 Å². The van der Waals surface area contributed by atoms with Crippen LogP contribution in [0.4, 0.5) is 0 Å². The van der Waals surface area contributed by atoms with Gasteiger partial charge in [0.05, 0.1) is 24.8 Å². The molecule has 24 heavy (non-hydrogen) atoms. The van der Waals surface area contributed by atoms with Gasteiger partial charge in [-0.1, -0.05) is 17.8 Å². The normalized spacial score (nSPS) is 10.8. The molecule has 0 unspecified atom stereocenters. The van der Waals surface area contributed by atoms with Gasteiger partial charge in [-0.25, -0.2) is 4.79 Å². The van der Waals surface area contributed by atoms with Crippen LogP contribution in [0.15, 0.2) is 40.1 Å². The summed E-state index contributed by atoms with van der Waals surface area (Å²) >= 11 is 1.38. The quantitative estimate of drug-likeness (QED) is 0.520. The Morgan fingerprint density at radius 1 is 1.29 bits per heavy atom. The van der Waals surface area contributed by atoms with E-state index >= 15 is 0 Å². The molecular formula is C16H16N4O3S. The number of furan rings is 1. The monoisotopic (exact) mass is 344 g/mol. The summed E-state index contributed by atoms with van der Waals surface area (Å²) in [6, 6.07) is 7.62. The van der Waals surface area contributed by atoms with E-state index in [4.69, 9.17) is 9.15 Å². The molecule has 0 bridgehead atoms. The highest BCUT2D eigenvalue weighted by Gasteiger charge is 2.17. The van der Waals surface area contributed by atoms with E-state index in [1.807, 2.05) is 25.1 Å². The SMILES string of the molecule is COC(=O)c1ccoc1CSc1nnnn1-c1ccc(C)c(C)c1. The predicted molar refractivity (Wildman–Crippen MR) is 88.2 cm³/mol. The second kappa shape index (κ2) is 6.88. The third-order valence-electron chi connectivity index (χ3n) is 3.66. The van der Waals surface area contributed by atoms with Crippen LogP contribution in [-0.4, -0.2) is 33.3 Å². The Labute approximate surface area is 143 Å². The van der Waals surface area contributed by atoms with Gasteiger partial charge in [0, 0.05) is 0 Å². The number of thioether (sulfide) groups is 1. The van der Waals surface area contributed by atoms with Gasteiger partial charge in [-0.05, 0) is 53.6 Å². The molecule has 0 aliphatic rings. The van der Waals surface area contributed by atoms with Crippen molar-refractivity contribution in [2.24, 2.45) is 0 Å². The molecule has 3 aromatic rings. The van der Waals surface area contributed by atoms with Gasteiger partial charge in [0.15, 0.2) is 0 Å². The number of methoxy groups -OCH3 is 1. The first-order valence-corrected chi connectivity index (χ1v) is 8.22. The fourth-order valence-electron chi connectivity index (χ4n) is 2.16. The summed E-state index contributed by atoms with van der Waals surface area (Å²) in [4.78, 5) is 11.7. The van der Waals surface area contributed by atoms with Crippen molar-refractivity contribution in [1.82, 2.24) is 20.2 Å². The molecule has 0 atom stereocenters. The molecule has 0 radical (unpaired) electrons. The van der Waals surface area contributed by atoms with Crippen LogP contribution >= 0.6 is 11.8 Å². The van der Waals surface area contributed by atoms with Gasteiger partial charge in [0.25, 0.3) is 0 Å². The molecular weight excluding hydrogens is 328 g/mol. The van der Waals surface area contributed by atoms with Gasteiger partial charge in [-0.3, -0.25) is 0 Å². The summed E-state index contributed by atoms with van der Waals surface area (Å²) in [6.45, 7) is 4.10. The van der Waals surface area contributed by atoms with Crippen molar-refractivity contribution in [3.8, 4) is 5.69 Å². The summed E-state index contributed by atoms with van der Waals surface area (Å²) in [5, 5.41) is 12.4. The van der Waals surface area contributed by atoms with Crippen molar-refractivity contribution < 1.29 is 13.9 Å². The molecule has 0 amide bonds. The number of hydrogen-bond donors (Lipinski definition) is 0. The second-order valence-corrected chi connectivity index (χ2v) is 6.12. The molecule has 124 valence electrons. The van der Waals surface area contributed by atoms with Crippen LogP contribution in [0.1, 0.15) is 27.2 Å². The summed E-state index contributed by atoms with van der Waals surface area (Å²) < 4.78 is 11.8. The van der Waals surface area contributed by atoms with Gasteiger partial charge in [-0.2, -0.15) is 4.68 Å². The van der Waals surface area contributed by atoms with Crippen molar-refractivity contribution in [3.63, 3.8) is 0 Å². The summed E-state index contributed by atoms with van der Waals surface area (Å²) in [6.07, 6.45) is 1.47. The zero-order chi connectivity index (χ0) is 17.1. The Hall–Kier alpha value is -2.61. The number of benzene rings is 1. The average Bonchev–Trinajstić information content (AvgIpc) is 3.23. The summed E-state index contributed by atoms with van der Waals surface area (Å²) in [5.41, 5.74) is 3.67. The maximum Gasteiger partial charge on any atom is 0.341 e. The van der Waals surface area contributed by atoms with Gasteiger partial charge < -0.3 is 9.15 Å². The molecule has 7 nitrogen and oxygen atoms in total. The van der Waals surface area contributed by atoms with Crippen LogP contribution in [0, 0.1) is 13.8 Å². The Bertz CT molecular complexity index is 872. The maximum absolute atomic E-state index is 11.7. The average molecular weight is 344 g/mol. The van der Waals surface area contributed by atoms with Crippen molar-refractivity contribution >= 4 is 17.7 Å². The number of nitrogens with zero attached hydrogens (tertiary/aromatic N) is 4. The van der Waals surface area contributed by atoms with E-state index in [2.05, 4.69) is 22.4 Å². The highest BCUT2D eigenvalue weighted by atomic mass is 32.2. The van der Waals surface area contributed by atoms with Gasteiger partial charge >= 0.3 is 5.97 Å². The fourth-order valence-corrected chi connectivity index (χ4v) is 3.00. The number of aromatic nitrogens is 4. The highest BCUT2D eigenvalue weighted by Crippen LogP contribution is 2.25. The number of carbonyl (C=O) groups is 1. The zero-order valence-electron chi connectivity index (χ0n) is 13.5. The molecule has 8 heteroatoms. The molecule has 3 rings (SSSR count). The van der Waals surface area contributed by atoms with E-state index in [1.54, 1.807) is 10.7 Å². The maximum atomic E-state index is 11.7. The lowest BCUT2D eigenvalue weighted by molar-refractivity contribution is 0.0598. The number of esters is 1. The van der Waals surface area contributed by atoms with Crippen LogP contribution in [-0.2, 0) is 10.5 Å². The van der Waals surface area contributed by atoms with Gasteiger partial charge in [0.2, 0.25) is 5.16 Å². The lowest BCUT2D eigenvalue weighted by atomic mass is 10.1. The molecule has 0 aliphatic carbocycles. The number of hydrogen-bond acceptors (Lipinski definition) is 7. The van der Waals surface area contributed by atoms with Gasteiger partial charge in [0.1, 0.15) is 11.3 Å². The number of rotatable bonds is 5. The third-order valence-corrected chi connectivity index (χ3v) is 4.58.